The summed E-state index contributed by atoms with van der Waals surface area (Å²) in [5.41, 5.74) is 2.33. The van der Waals surface area contributed by atoms with Crippen molar-refractivity contribution in [2.24, 2.45) is 4.99 Å². The number of thiocarbonyl (C=S) groups is 1. The van der Waals surface area contributed by atoms with Crippen molar-refractivity contribution in [3.05, 3.63) is 70.9 Å². The molecule has 0 atom stereocenters. The van der Waals surface area contributed by atoms with E-state index in [1.807, 2.05) is 43.0 Å². The lowest BCUT2D eigenvalue weighted by Crippen LogP contribution is -2.52. The van der Waals surface area contributed by atoms with Crippen LogP contribution >= 0.6 is 23.8 Å². The number of aromatic nitrogens is 2. The summed E-state index contributed by atoms with van der Waals surface area (Å²) in [4.78, 5) is 29.9. The van der Waals surface area contributed by atoms with Gasteiger partial charge in [0, 0.05) is 37.6 Å². The quantitative estimate of drug-likeness (QED) is 0.319. The van der Waals surface area contributed by atoms with E-state index in [1.54, 1.807) is 23.1 Å². The third kappa shape index (κ3) is 5.89. The Hall–Kier alpha value is -3.50. The molecule has 34 heavy (non-hydrogen) atoms. The number of benzene rings is 1. The molecule has 11 heteroatoms. The van der Waals surface area contributed by atoms with Crippen LogP contribution in [0.15, 0.2) is 58.1 Å². The van der Waals surface area contributed by atoms with Gasteiger partial charge in [0.05, 0.1) is 17.0 Å². The van der Waals surface area contributed by atoms with Gasteiger partial charge < -0.3 is 19.5 Å². The van der Waals surface area contributed by atoms with Crippen LogP contribution in [-0.4, -0.2) is 62.9 Å². The van der Waals surface area contributed by atoms with Crippen LogP contribution in [0, 0.1) is 13.8 Å². The SMILES string of the molecule is Cc1cc(C)nc(N/C(=N/C(=S)Nc2ccccc2Cl)N2CCN(C(=O)c3ccco3)CC2)n1. The van der Waals surface area contributed by atoms with E-state index in [4.69, 9.17) is 28.2 Å². The number of guanidine groups is 1. The van der Waals surface area contributed by atoms with Gasteiger partial charge >= 0.3 is 0 Å². The largest absolute Gasteiger partial charge is 0.459 e. The number of hydrogen-bond donors (Lipinski definition) is 2. The number of aryl methyl sites for hydroxylation is 2. The molecule has 1 saturated heterocycles. The number of nitrogens with one attached hydrogen (secondary N) is 2. The van der Waals surface area contributed by atoms with Gasteiger partial charge in [0.2, 0.25) is 17.0 Å². The Bertz CT molecular complexity index is 1190. The summed E-state index contributed by atoms with van der Waals surface area (Å²) < 4.78 is 5.25. The number of nitrogens with zero attached hydrogens (tertiary/aromatic N) is 5. The first-order valence-corrected chi connectivity index (χ1v) is 11.5. The molecule has 0 saturated carbocycles. The zero-order valence-corrected chi connectivity index (χ0v) is 20.4. The van der Waals surface area contributed by atoms with E-state index in [1.165, 1.54) is 6.26 Å². The van der Waals surface area contributed by atoms with E-state index < -0.39 is 0 Å². The number of rotatable bonds is 3. The Morgan fingerprint density at radius 2 is 1.71 bits per heavy atom. The number of carbonyl (C=O) groups excluding carboxylic acids is 1. The molecule has 9 nitrogen and oxygen atoms in total. The van der Waals surface area contributed by atoms with E-state index in [-0.39, 0.29) is 11.0 Å². The molecule has 1 aliphatic heterocycles. The maximum Gasteiger partial charge on any atom is 0.289 e. The number of furan rings is 1. The third-order valence-electron chi connectivity index (χ3n) is 5.13. The van der Waals surface area contributed by atoms with Crippen LogP contribution in [0.5, 0.6) is 0 Å². The van der Waals surface area contributed by atoms with Crippen molar-refractivity contribution >= 4 is 52.4 Å². The van der Waals surface area contributed by atoms with Crippen molar-refractivity contribution in [3.8, 4) is 0 Å². The van der Waals surface area contributed by atoms with E-state index in [9.17, 15) is 4.79 Å². The lowest BCUT2D eigenvalue weighted by molar-refractivity contribution is 0.0660. The van der Waals surface area contributed by atoms with Crippen LogP contribution in [-0.2, 0) is 0 Å². The molecular weight excluding hydrogens is 474 g/mol. The fourth-order valence-electron chi connectivity index (χ4n) is 3.54. The first-order valence-electron chi connectivity index (χ1n) is 10.7. The van der Waals surface area contributed by atoms with Crippen molar-refractivity contribution < 1.29 is 9.21 Å². The molecule has 0 bridgehead atoms. The van der Waals surface area contributed by atoms with Gasteiger partial charge in [-0.2, -0.15) is 4.99 Å². The molecule has 0 unspecified atom stereocenters. The summed E-state index contributed by atoms with van der Waals surface area (Å²) in [6, 6.07) is 12.6. The summed E-state index contributed by atoms with van der Waals surface area (Å²) in [6.45, 7) is 5.88. The first kappa shape index (κ1) is 23.7. The Morgan fingerprint density at radius 1 is 1.03 bits per heavy atom. The standard InChI is InChI=1S/C23H24ClN7O2S/c1-15-14-16(2)26-21(25-15)28-22(29-23(34)27-18-7-4-3-6-17(18)24)31-11-9-30(10-12-31)20(32)19-8-5-13-33-19/h3-8,13-14H,9-12H2,1-2H3,(H2,25,26,27,28,29,34). The van der Waals surface area contributed by atoms with E-state index >= 15 is 0 Å². The Kier molecular flexibility index (Phi) is 7.39. The highest BCUT2D eigenvalue weighted by molar-refractivity contribution is 7.80. The Labute approximate surface area is 207 Å². The number of anilines is 2. The monoisotopic (exact) mass is 497 g/mol. The van der Waals surface area contributed by atoms with Gasteiger partial charge in [-0.15, -0.1) is 0 Å². The molecule has 1 aromatic carbocycles. The highest BCUT2D eigenvalue weighted by atomic mass is 35.5. The van der Waals surface area contributed by atoms with Crippen molar-refractivity contribution in [3.63, 3.8) is 0 Å². The Morgan fingerprint density at radius 3 is 2.35 bits per heavy atom. The van der Waals surface area contributed by atoms with E-state index in [0.29, 0.717) is 54.6 Å². The van der Waals surface area contributed by atoms with Gasteiger partial charge in [-0.1, -0.05) is 23.7 Å². The number of carbonyl (C=O) groups is 1. The number of para-hydroxylation sites is 1. The molecule has 2 aromatic heterocycles. The molecule has 1 aliphatic rings. The molecular formula is C23H24ClN7O2S. The smallest absolute Gasteiger partial charge is 0.289 e. The second kappa shape index (κ2) is 10.6. The zero-order valence-electron chi connectivity index (χ0n) is 18.8. The number of halogens is 1. The molecule has 0 aliphatic carbocycles. The topological polar surface area (TPSA) is 98.9 Å². The minimum atomic E-state index is -0.135. The highest BCUT2D eigenvalue weighted by Crippen LogP contribution is 2.21. The first-order chi connectivity index (χ1) is 16.4. The highest BCUT2D eigenvalue weighted by Gasteiger charge is 2.26. The maximum atomic E-state index is 12.6. The fraction of sp³-hybridized carbons (Fsp3) is 0.261. The van der Waals surface area contributed by atoms with Crippen LogP contribution in [0.2, 0.25) is 5.02 Å². The van der Waals surface area contributed by atoms with Crippen LogP contribution < -0.4 is 10.6 Å². The van der Waals surface area contributed by atoms with Crippen LogP contribution in [0.4, 0.5) is 11.6 Å². The Balaban J connectivity index is 1.52. The lowest BCUT2D eigenvalue weighted by atomic mass is 10.3. The van der Waals surface area contributed by atoms with Crippen LogP contribution in [0.1, 0.15) is 21.9 Å². The second-order valence-corrected chi connectivity index (χ2v) is 8.50. The molecule has 0 spiro atoms. The minimum absolute atomic E-state index is 0.135. The van der Waals surface area contributed by atoms with Gasteiger partial charge in [-0.25, -0.2) is 9.97 Å². The molecule has 4 rings (SSSR count). The molecule has 1 fully saturated rings. The van der Waals surface area contributed by atoms with Gasteiger partial charge in [-0.05, 0) is 56.4 Å². The van der Waals surface area contributed by atoms with Crippen LogP contribution in [0.3, 0.4) is 0 Å². The maximum absolute atomic E-state index is 12.6. The average molecular weight is 498 g/mol. The molecule has 176 valence electrons. The average Bonchev–Trinajstić information content (AvgIpc) is 3.34. The van der Waals surface area contributed by atoms with Crippen molar-refractivity contribution in [2.45, 2.75) is 13.8 Å². The zero-order chi connectivity index (χ0) is 24.1. The lowest BCUT2D eigenvalue weighted by Gasteiger charge is -2.36. The number of piperazine rings is 1. The number of hydrogen-bond acceptors (Lipinski definition) is 5. The van der Waals surface area contributed by atoms with Crippen molar-refractivity contribution in [1.29, 1.82) is 0 Å². The molecule has 3 aromatic rings. The molecule has 1 amide bonds. The summed E-state index contributed by atoms with van der Waals surface area (Å²) in [5, 5.41) is 7.04. The van der Waals surface area contributed by atoms with Gasteiger partial charge in [0.25, 0.3) is 5.91 Å². The second-order valence-electron chi connectivity index (χ2n) is 7.70. The molecule has 3 heterocycles. The third-order valence-corrected chi connectivity index (χ3v) is 5.65. The number of aliphatic imine (C=N–C) groups is 1. The van der Waals surface area contributed by atoms with Gasteiger partial charge in [0.15, 0.2) is 5.76 Å². The predicted molar refractivity (Wildman–Crippen MR) is 136 cm³/mol. The predicted octanol–water partition coefficient (Wildman–Crippen LogP) is 3.96. The summed E-state index contributed by atoms with van der Waals surface area (Å²) in [7, 11) is 0. The summed E-state index contributed by atoms with van der Waals surface area (Å²) in [6.07, 6.45) is 1.49. The summed E-state index contributed by atoms with van der Waals surface area (Å²) >= 11 is 11.7. The van der Waals surface area contributed by atoms with E-state index in [2.05, 4.69) is 25.6 Å². The molecule has 2 N–H and O–H groups in total. The minimum Gasteiger partial charge on any atom is -0.459 e. The normalized spacial score (nSPS) is 14.1. The van der Waals surface area contributed by atoms with Crippen molar-refractivity contribution in [2.75, 3.05) is 36.8 Å². The van der Waals surface area contributed by atoms with Crippen LogP contribution in [0.25, 0.3) is 0 Å². The van der Waals surface area contributed by atoms with Gasteiger partial charge in [-0.3, -0.25) is 10.1 Å². The summed E-state index contributed by atoms with van der Waals surface area (Å²) in [5.74, 6) is 1.10. The van der Waals surface area contributed by atoms with Gasteiger partial charge in [0.1, 0.15) is 0 Å². The molecule has 0 radical (unpaired) electrons. The number of amides is 1. The fourth-order valence-corrected chi connectivity index (χ4v) is 3.92. The van der Waals surface area contributed by atoms with Crippen molar-refractivity contribution in [1.82, 2.24) is 19.8 Å². The van der Waals surface area contributed by atoms with E-state index in [0.717, 1.165) is 11.4 Å².